The molecular formula is C17H19FO3. The van der Waals surface area contributed by atoms with E-state index in [1.54, 1.807) is 38.5 Å². The predicted molar refractivity (Wildman–Crippen MR) is 79.3 cm³/mol. The molecule has 0 radical (unpaired) electrons. The first-order valence-corrected chi connectivity index (χ1v) is 6.70. The van der Waals surface area contributed by atoms with E-state index in [4.69, 9.17) is 9.47 Å². The molecule has 2 rings (SSSR count). The first kappa shape index (κ1) is 15.3. The van der Waals surface area contributed by atoms with Crippen molar-refractivity contribution in [3.8, 4) is 11.5 Å². The third-order valence-electron chi connectivity index (χ3n) is 3.52. The van der Waals surface area contributed by atoms with Gasteiger partial charge in [0.05, 0.1) is 25.9 Å². The van der Waals surface area contributed by atoms with Crippen LogP contribution >= 0.6 is 0 Å². The molecule has 0 aliphatic rings. The zero-order chi connectivity index (χ0) is 15.4. The molecule has 0 aliphatic heterocycles. The molecule has 0 aromatic heterocycles. The minimum Gasteiger partial charge on any atom is -0.496 e. The average molecular weight is 290 g/mol. The van der Waals surface area contributed by atoms with Gasteiger partial charge in [0.2, 0.25) is 0 Å². The molecule has 0 bridgehead atoms. The van der Waals surface area contributed by atoms with Crippen molar-refractivity contribution in [3.63, 3.8) is 0 Å². The van der Waals surface area contributed by atoms with E-state index in [-0.39, 0.29) is 5.82 Å². The SMILES string of the molecule is COc1cccc(OC)c1C(O)Cc1cc(F)ccc1C. The van der Waals surface area contributed by atoms with Gasteiger partial charge in [-0.15, -0.1) is 0 Å². The smallest absolute Gasteiger partial charge is 0.128 e. The first-order valence-electron chi connectivity index (χ1n) is 6.70. The van der Waals surface area contributed by atoms with Crippen LogP contribution in [0.3, 0.4) is 0 Å². The molecular weight excluding hydrogens is 271 g/mol. The van der Waals surface area contributed by atoms with Gasteiger partial charge in [-0.1, -0.05) is 12.1 Å². The van der Waals surface area contributed by atoms with Crippen LogP contribution in [0.5, 0.6) is 11.5 Å². The summed E-state index contributed by atoms with van der Waals surface area (Å²) < 4.78 is 23.9. The van der Waals surface area contributed by atoms with Crippen LogP contribution in [0.25, 0.3) is 0 Å². The second-order valence-corrected chi connectivity index (χ2v) is 4.87. The molecule has 1 unspecified atom stereocenters. The maximum absolute atomic E-state index is 13.4. The Morgan fingerprint density at radius 1 is 1.10 bits per heavy atom. The third kappa shape index (κ3) is 3.34. The number of aliphatic hydroxyl groups is 1. The third-order valence-corrected chi connectivity index (χ3v) is 3.52. The van der Waals surface area contributed by atoms with Crippen LogP contribution in [-0.4, -0.2) is 19.3 Å². The Hall–Kier alpha value is -2.07. The lowest BCUT2D eigenvalue weighted by atomic mass is 9.97. The number of benzene rings is 2. The van der Waals surface area contributed by atoms with Crippen LogP contribution in [0.15, 0.2) is 36.4 Å². The largest absolute Gasteiger partial charge is 0.496 e. The molecule has 0 saturated carbocycles. The molecule has 1 atom stereocenters. The quantitative estimate of drug-likeness (QED) is 0.917. The van der Waals surface area contributed by atoms with Gasteiger partial charge in [-0.3, -0.25) is 0 Å². The molecule has 2 aromatic rings. The highest BCUT2D eigenvalue weighted by atomic mass is 19.1. The highest BCUT2D eigenvalue weighted by Crippen LogP contribution is 2.35. The molecule has 0 saturated heterocycles. The summed E-state index contributed by atoms with van der Waals surface area (Å²) in [6, 6.07) is 9.88. The van der Waals surface area contributed by atoms with Crippen molar-refractivity contribution < 1.29 is 19.0 Å². The van der Waals surface area contributed by atoms with Crippen LogP contribution < -0.4 is 9.47 Å². The molecule has 2 aromatic carbocycles. The lowest BCUT2D eigenvalue weighted by Crippen LogP contribution is -2.07. The van der Waals surface area contributed by atoms with Crippen LogP contribution in [-0.2, 0) is 6.42 Å². The Morgan fingerprint density at radius 3 is 2.29 bits per heavy atom. The Morgan fingerprint density at radius 2 is 1.71 bits per heavy atom. The summed E-state index contributed by atoms with van der Waals surface area (Å²) >= 11 is 0. The van der Waals surface area contributed by atoms with Gasteiger partial charge < -0.3 is 14.6 Å². The van der Waals surface area contributed by atoms with E-state index in [9.17, 15) is 9.50 Å². The van der Waals surface area contributed by atoms with Gasteiger partial charge in [0.15, 0.2) is 0 Å². The minimum atomic E-state index is -0.836. The average Bonchev–Trinajstić information content (AvgIpc) is 2.49. The number of aliphatic hydroxyl groups excluding tert-OH is 1. The Kier molecular flexibility index (Phi) is 4.81. The van der Waals surface area contributed by atoms with Gasteiger partial charge in [0.1, 0.15) is 17.3 Å². The summed E-state index contributed by atoms with van der Waals surface area (Å²) in [6.07, 6.45) is -0.544. The van der Waals surface area contributed by atoms with Crippen molar-refractivity contribution in [2.75, 3.05) is 14.2 Å². The highest BCUT2D eigenvalue weighted by Gasteiger charge is 2.20. The number of halogens is 1. The fourth-order valence-corrected chi connectivity index (χ4v) is 2.38. The van der Waals surface area contributed by atoms with Gasteiger partial charge in [-0.2, -0.15) is 0 Å². The standard InChI is InChI=1S/C17H19FO3/c1-11-7-8-13(18)9-12(11)10-14(19)17-15(20-2)5-4-6-16(17)21-3/h4-9,14,19H,10H2,1-3H3. The maximum atomic E-state index is 13.4. The Balaban J connectivity index is 2.36. The molecule has 0 spiro atoms. The zero-order valence-corrected chi connectivity index (χ0v) is 12.4. The van der Waals surface area contributed by atoms with Crippen molar-refractivity contribution in [3.05, 3.63) is 58.9 Å². The fourth-order valence-electron chi connectivity index (χ4n) is 2.38. The van der Waals surface area contributed by atoms with Crippen molar-refractivity contribution in [2.45, 2.75) is 19.4 Å². The number of rotatable bonds is 5. The van der Waals surface area contributed by atoms with E-state index >= 15 is 0 Å². The monoisotopic (exact) mass is 290 g/mol. The lowest BCUT2D eigenvalue weighted by Gasteiger charge is -2.19. The van der Waals surface area contributed by atoms with Crippen LogP contribution in [0, 0.1) is 12.7 Å². The summed E-state index contributed by atoms with van der Waals surface area (Å²) in [5.74, 6) is 0.793. The van der Waals surface area contributed by atoms with E-state index < -0.39 is 6.10 Å². The van der Waals surface area contributed by atoms with E-state index in [1.165, 1.54) is 12.1 Å². The second kappa shape index (κ2) is 6.59. The molecule has 1 N–H and O–H groups in total. The number of aryl methyl sites for hydroxylation is 1. The van der Waals surface area contributed by atoms with Gasteiger partial charge in [-0.05, 0) is 42.3 Å². The molecule has 21 heavy (non-hydrogen) atoms. The summed E-state index contributed by atoms with van der Waals surface area (Å²) in [4.78, 5) is 0. The molecule has 0 fully saturated rings. The molecule has 112 valence electrons. The summed E-state index contributed by atoms with van der Waals surface area (Å²) in [6.45, 7) is 1.89. The Labute approximate surface area is 124 Å². The van der Waals surface area contributed by atoms with Crippen molar-refractivity contribution in [1.82, 2.24) is 0 Å². The van der Waals surface area contributed by atoms with Gasteiger partial charge in [-0.25, -0.2) is 4.39 Å². The van der Waals surface area contributed by atoms with Crippen LogP contribution in [0.2, 0.25) is 0 Å². The normalized spacial score (nSPS) is 12.0. The lowest BCUT2D eigenvalue weighted by molar-refractivity contribution is 0.169. The van der Waals surface area contributed by atoms with Crippen molar-refractivity contribution in [2.24, 2.45) is 0 Å². The molecule has 0 aliphatic carbocycles. The maximum Gasteiger partial charge on any atom is 0.128 e. The van der Waals surface area contributed by atoms with Crippen molar-refractivity contribution in [1.29, 1.82) is 0 Å². The van der Waals surface area contributed by atoms with E-state index in [1.807, 2.05) is 6.92 Å². The predicted octanol–water partition coefficient (Wildman–Crippen LogP) is 3.43. The number of hydrogen-bond acceptors (Lipinski definition) is 3. The highest BCUT2D eigenvalue weighted by molar-refractivity contribution is 5.47. The van der Waals surface area contributed by atoms with Gasteiger partial charge in [0, 0.05) is 6.42 Å². The van der Waals surface area contributed by atoms with E-state index in [2.05, 4.69) is 0 Å². The summed E-state index contributed by atoms with van der Waals surface area (Å²) in [5.41, 5.74) is 2.27. The fraction of sp³-hybridized carbons (Fsp3) is 0.294. The summed E-state index contributed by atoms with van der Waals surface area (Å²) in [5, 5.41) is 10.5. The zero-order valence-electron chi connectivity index (χ0n) is 12.4. The topological polar surface area (TPSA) is 38.7 Å². The van der Waals surface area contributed by atoms with Crippen LogP contribution in [0.4, 0.5) is 4.39 Å². The van der Waals surface area contributed by atoms with Crippen molar-refractivity contribution >= 4 is 0 Å². The van der Waals surface area contributed by atoms with Gasteiger partial charge in [0.25, 0.3) is 0 Å². The van der Waals surface area contributed by atoms with E-state index in [0.29, 0.717) is 23.5 Å². The first-order chi connectivity index (χ1) is 10.1. The molecule has 0 heterocycles. The molecule has 3 nitrogen and oxygen atoms in total. The second-order valence-electron chi connectivity index (χ2n) is 4.87. The minimum absolute atomic E-state index is 0.292. The number of hydrogen-bond donors (Lipinski definition) is 1. The molecule has 0 amide bonds. The number of methoxy groups -OCH3 is 2. The number of ether oxygens (including phenoxy) is 2. The van der Waals surface area contributed by atoms with E-state index in [0.717, 1.165) is 11.1 Å². The molecule has 4 heteroatoms. The summed E-state index contributed by atoms with van der Waals surface area (Å²) in [7, 11) is 3.08. The van der Waals surface area contributed by atoms with Crippen LogP contribution in [0.1, 0.15) is 22.8 Å². The Bertz CT molecular complexity index is 603. The van der Waals surface area contributed by atoms with Gasteiger partial charge >= 0.3 is 0 Å².